The summed E-state index contributed by atoms with van der Waals surface area (Å²) in [7, 11) is 3.28. The second-order valence-electron chi connectivity index (χ2n) is 3.01. The lowest BCUT2D eigenvalue weighted by Crippen LogP contribution is -2.15. The van der Waals surface area contributed by atoms with Gasteiger partial charge in [-0.05, 0) is 31.2 Å². The molecule has 1 unspecified atom stereocenters. The Morgan fingerprint density at radius 1 is 1.13 bits per heavy atom. The first-order chi connectivity index (χ1) is 7.13. The van der Waals surface area contributed by atoms with E-state index >= 15 is 0 Å². The zero-order valence-electron chi connectivity index (χ0n) is 9.37. The smallest absolute Gasteiger partial charge is 0.119 e. The molecule has 0 saturated carbocycles. The van der Waals surface area contributed by atoms with Gasteiger partial charge in [0.05, 0.1) is 14.2 Å². The molecule has 0 fully saturated rings. The van der Waals surface area contributed by atoms with Gasteiger partial charge in [0, 0.05) is 11.4 Å². The molecule has 15 heavy (non-hydrogen) atoms. The number of methoxy groups -OCH3 is 2. The fraction of sp³-hybridized carbons (Fsp3) is 0.455. The van der Waals surface area contributed by atoms with E-state index in [1.54, 1.807) is 14.2 Å². The van der Waals surface area contributed by atoms with Gasteiger partial charge in [-0.2, -0.15) is 0 Å². The van der Waals surface area contributed by atoms with E-state index in [0.717, 1.165) is 16.8 Å². The predicted octanol–water partition coefficient (Wildman–Crippen LogP) is 2.43. The van der Waals surface area contributed by atoms with Crippen LogP contribution in [0.3, 0.4) is 0 Å². The predicted molar refractivity (Wildman–Crippen MR) is 67.0 cm³/mol. The Kier molecular flexibility index (Phi) is 8.14. The Bertz CT molecular complexity index is 226. The number of hydrogen-bond donors (Lipinski definition) is 1. The topological polar surface area (TPSA) is 44.5 Å². The first-order valence-corrected chi connectivity index (χ1v) is 5.75. The first kappa shape index (κ1) is 14.3. The molecule has 0 heterocycles. The standard InChI is InChI=1S/C8H10O2.C3H8BrN/c1-9-7-3-5-8(10-2)6-4-7;1-3(5)2-4/h3-6H,1-2H3;3H,2,5H2,1H3. The zero-order chi connectivity index (χ0) is 11.7. The molecule has 0 amide bonds. The molecule has 86 valence electrons. The van der Waals surface area contributed by atoms with Crippen LogP contribution in [0.2, 0.25) is 0 Å². The molecule has 0 radical (unpaired) electrons. The molecule has 1 atom stereocenters. The largest absolute Gasteiger partial charge is 0.497 e. The van der Waals surface area contributed by atoms with Crippen molar-refractivity contribution >= 4 is 15.9 Å². The SMILES string of the molecule is CC(N)CBr.COc1ccc(OC)cc1. The first-order valence-electron chi connectivity index (χ1n) is 4.63. The van der Waals surface area contributed by atoms with Gasteiger partial charge < -0.3 is 15.2 Å². The minimum atomic E-state index is 0.301. The summed E-state index contributed by atoms with van der Waals surface area (Å²) in [6.45, 7) is 1.95. The molecule has 0 spiro atoms. The van der Waals surface area contributed by atoms with Gasteiger partial charge in [-0.3, -0.25) is 0 Å². The third-order valence-electron chi connectivity index (χ3n) is 1.54. The third-order valence-corrected chi connectivity index (χ3v) is 2.56. The highest BCUT2D eigenvalue weighted by molar-refractivity contribution is 9.09. The van der Waals surface area contributed by atoms with Crippen LogP contribution in [0.1, 0.15) is 6.92 Å². The van der Waals surface area contributed by atoms with E-state index in [4.69, 9.17) is 15.2 Å². The molecule has 1 aromatic rings. The summed E-state index contributed by atoms with van der Waals surface area (Å²) in [6.07, 6.45) is 0. The second-order valence-corrected chi connectivity index (χ2v) is 3.66. The molecule has 2 N–H and O–H groups in total. The van der Waals surface area contributed by atoms with Gasteiger partial charge in [0.1, 0.15) is 11.5 Å². The summed E-state index contributed by atoms with van der Waals surface area (Å²) in [5.41, 5.74) is 5.24. The van der Waals surface area contributed by atoms with E-state index in [-0.39, 0.29) is 0 Å². The van der Waals surface area contributed by atoms with Gasteiger partial charge in [-0.25, -0.2) is 0 Å². The number of rotatable bonds is 3. The van der Waals surface area contributed by atoms with E-state index in [1.807, 2.05) is 31.2 Å². The average Bonchev–Trinajstić information content (AvgIpc) is 2.30. The number of nitrogens with two attached hydrogens (primary N) is 1. The van der Waals surface area contributed by atoms with Crippen LogP contribution >= 0.6 is 15.9 Å². The molecule has 0 aromatic heterocycles. The molecule has 1 rings (SSSR count). The Morgan fingerprint density at radius 3 is 1.53 bits per heavy atom. The summed E-state index contributed by atoms with van der Waals surface area (Å²) in [5.74, 6) is 1.70. The van der Waals surface area contributed by atoms with Crippen molar-refractivity contribution in [3.05, 3.63) is 24.3 Å². The van der Waals surface area contributed by atoms with Gasteiger partial charge >= 0.3 is 0 Å². The number of benzene rings is 1. The average molecular weight is 276 g/mol. The van der Waals surface area contributed by atoms with E-state index in [9.17, 15) is 0 Å². The minimum absolute atomic E-state index is 0.301. The summed E-state index contributed by atoms with van der Waals surface area (Å²) in [4.78, 5) is 0. The lowest BCUT2D eigenvalue weighted by atomic mass is 10.3. The highest BCUT2D eigenvalue weighted by Gasteiger charge is 1.90. The van der Waals surface area contributed by atoms with Crippen LogP contribution in [-0.2, 0) is 0 Å². The van der Waals surface area contributed by atoms with Crippen molar-refractivity contribution < 1.29 is 9.47 Å². The van der Waals surface area contributed by atoms with Crippen LogP contribution in [0, 0.1) is 0 Å². The Hall–Kier alpha value is -0.740. The highest BCUT2D eigenvalue weighted by Crippen LogP contribution is 2.15. The van der Waals surface area contributed by atoms with E-state index in [2.05, 4.69) is 15.9 Å². The summed E-state index contributed by atoms with van der Waals surface area (Å²) >= 11 is 3.19. The zero-order valence-corrected chi connectivity index (χ0v) is 11.0. The van der Waals surface area contributed by atoms with Crippen LogP contribution in [0.5, 0.6) is 11.5 Å². The molecular formula is C11H18BrNO2. The van der Waals surface area contributed by atoms with Crippen LogP contribution in [0.15, 0.2) is 24.3 Å². The van der Waals surface area contributed by atoms with Crippen LogP contribution < -0.4 is 15.2 Å². The van der Waals surface area contributed by atoms with Gasteiger partial charge in [0.2, 0.25) is 0 Å². The molecule has 1 aromatic carbocycles. The third kappa shape index (κ3) is 7.22. The van der Waals surface area contributed by atoms with Crippen molar-refractivity contribution in [2.75, 3.05) is 19.5 Å². The van der Waals surface area contributed by atoms with Crippen LogP contribution in [0.4, 0.5) is 0 Å². The lowest BCUT2D eigenvalue weighted by Gasteiger charge is -2.00. The van der Waals surface area contributed by atoms with Gasteiger partial charge in [0.25, 0.3) is 0 Å². The molecule has 0 aliphatic rings. The minimum Gasteiger partial charge on any atom is -0.497 e. The monoisotopic (exact) mass is 275 g/mol. The van der Waals surface area contributed by atoms with Crippen LogP contribution in [0.25, 0.3) is 0 Å². The summed E-state index contributed by atoms with van der Waals surface area (Å²) < 4.78 is 9.92. The Labute approximate surface area is 99.7 Å². The maximum atomic E-state index is 5.24. The lowest BCUT2D eigenvalue weighted by molar-refractivity contribution is 0.403. The van der Waals surface area contributed by atoms with Gasteiger partial charge in [-0.15, -0.1) is 0 Å². The quantitative estimate of drug-likeness (QED) is 0.862. The number of hydrogen-bond acceptors (Lipinski definition) is 3. The van der Waals surface area contributed by atoms with E-state index in [0.29, 0.717) is 6.04 Å². The maximum absolute atomic E-state index is 5.24. The fourth-order valence-corrected chi connectivity index (χ4v) is 0.712. The molecule has 4 heteroatoms. The number of alkyl halides is 1. The molecule has 0 bridgehead atoms. The van der Waals surface area contributed by atoms with Gasteiger partial charge in [0.15, 0.2) is 0 Å². The van der Waals surface area contributed by atoms with E-state index < -0.39 is 0 Å². The normalized spacial score (nSPS) is 11.0. The fourth-order valence-electron chi connectivity index (χ4n) is 0.712. The molecule has 0 saturated heterocycles. The molecule has 0 aliphatic heterocycles. The Balaban J connectivity index is 0.000000336. The Morgan fingerprint density at radius 2 is 1.40 bits per heavy atom. The number of halogens is 1. The number of ether oxygens (including phenoxy) is 2. The maximum Gasteiger partial charge on any atom is 0.119 e. The summed E-state index contributed by atoms with van der Waals surface area (Å²) in [6, 6.07) is 7.74. The van der Waals surface area contributed by atoms with Crippen molar-refractivity contribution in [2.45, 2.75) is 13.0 Å². The van der Waals surface area contributed by atoms with Crippen molar-refractivity contribution in [1.29, 1.82) is 0 Å². The van der Waals surface area contributed by atoms with Crippen molar-refractivity contribution in [3.63, 3.8) is 0 Å². The van der Waals surface area contributed by atoms with Crippen molar-refractivity contribution in [1.82, 2.24) is 0 Å². The van der Waals surface area contributed by atoms with Crippen LogP contribution in [-0.4, -0.2) is 25.6 Å². The summed E-state index contributed by atoms with van der Waals surface area (Å²) in [5, 5.41) is 0.896. The molecule has 3 nitrogen and oxygen atoms in total. The van der Waals surface area contributed by atoms with Crippen molar-refractivity contribution in [2.24, 2.45) is 5.73 Å². The molecule has 0 aliphatic carbocycles. The van der Waals surface area contributed by atoms with Crippen molar-refractivity contribution in [3.8, 4) is 11.5 Å². The van der Waals surface area contributed by atoms with Gasteiger partial charge in [-0.1, -0.05) is 15.9 Å². The highest BCUT2D eigenvalue weighted by atomic mass is 79.9. The second kappa shape index (κ2) is 8.56. The van der Waals surface area contributed by atoms with E-state index in [1.165, 1.54) is 0 Å². The molecular weight excluding hydrogens is 258 g/mol.